The van der Waals surface area contributed by atoms with Gasteiger partial charge in [-0.1, -0.05) is 0 Å². The SMILES string of the molecule is COc1cc(NS(=O)(=O)c2cc(-c3nc(C)c(C)s3)sc2C)cc(OC)c1. The molecule has 1 aromatic carbocycles. The smallest absolute Gasteiger partial charge is 0.263 e. The van der Waals surface area contributed by atoms with Gasteiger partial charge in [-0.05, 0) is 26.8 Å². The van der Waals surface area contributed by atoms with Crippen LogP contribution in [0.4, 0.5) is 5.69 Å². The highest BCUT2D eigenvalue weighted by Gasteiger charge is 2.22. The molecule has 0 aliphatic heterocycles. The van der Waals surface area contributed by atoms with Gasteiger partial charge in [0.15, 0.2) is 0 Å². The van der Waals surface area contributed by atoms with Gasteiger partial charge in [0, 0.05) is 28.0 Å². The molecule has 0 radical (unpaired) electrons. The maximum atomic E-state index is 12.9. The minimum Gasteiger partial charge on any atom is -0.497 e. The van der Waals surface area contributed by atoms with E-state index in [1.165, 1.54) is 25.6 Å². The summed E-state index contributed by atoms with van der Waals surface area (Å²) >= 11 is 2.99. The lowest BCUT2D eigenvalue weighted by Crippen LogP contribution is -2.13. The number of nitrogens with one attached hydrogen (secondary N) is 1. The molecule has 2 aromatic heterocycles. The van der Waals surface area contributed by atoms with Crippen LogP contribution in [-0.2, 0) is 10.0 Å². The van der Waals surface area contributed by atoms with Gasteiger partial charge in [0.1, 0.15) is 21.4 Å². The molecule has 0 atom stereocenters. The van der Waals surface area contributed by atoms with Gasteiger partial charge in [-0.15, -0.1) is 22.7 Å². The third-order valence-electron chi connectivity index (χ3n) is 4.00. The van der Waals surface area contributed by atoms with E-state index in [-0.39, 0.29) is 4.90 Å². The van der Waals surface area contributed by atoms with Crippen LogP contribution in [0, 0.1) is 20.8 Å². The molecule has 0 aliphatic carbocycles. The van der Waals surface area contributed by atoms with Crippen molar-refractivity contribution in [2.45, 2.75) is 25.7 Å². The molecule has 2 heterocycles. The molecule has 0 amide bonds. The van der Waals surface area contributed by atoms with Gasteiger partial charge in [0.2, 0.25) is 0 Å². The number of anilines is 1. The molecule has 9 heteroatoms. The van der Waals surface area contributed by atoms with E-state index in [0.717, 1.165) is 20.5 Å². The molecule has 0 saturated heterocycles. The summed E-state index contributed by atoms with van der Waals surface area (Å²) in [5.74, 6) is 1.01. The number of ether oxygens (including phenoxy) is 2. The van der Waals surface area contributed by atoms with Crippen molar-refractivity contribution in [1.29, 1.82) is 0 Å². The van der Waals surface area contributed by atoms with Crippen LogP contribution < -0.4 is 14.2 Å². The Bertz CT molecular complexity index is 1040. The van der Waals surface area contributed by atoms with Crippen molar-refractivity contribution in [2.75, 3.05) is 18.9 Å². The van der Waals surface area contributed by atoms with Crippen LogP contribution in [0.3, 0.4) is 0 Å². The Balaban J connectivity index is 1.96. The summed E-state index contributed by atoms with van der Waals surface area (Å²) in [5, 5.41) is 0.836. The second kappa shape index (κ2) is 7.49. The fourth-order valence-corrected chi connectivity index (χ4v) is 6.09. The highest BCUT2D eigenvalue weighted by molar-refractivity contribution is 7.93. The topological polar surface area (TPSA) is 77.5 Å². The van der Waals surface area contributed by atoms with Crippen molar-refractivity contribution in [1.82, 2.24) is 4.98 Å². The number of thiazole rings is 1. The summed E-state index contributed by atoms with van der Waals surface area (Å²) in [6, 6.07) is 6.57. The molecule has 0 aliphatic rings. The van der Waals surface area contributed by atoms with Gasteiger partial charge in [0.05, 0.1) is 30.5 Å². The van der Waals surface area contributed by atoms with Crippen molar-refractivity contribution >= 4 is 38.4 Å². The van der Waals surface area contributed by atoms with Crippen molar-refractivity contribution in [3.8, 4) is 21.4 Å². The Morgan fingerprint density at radius 3 is 2.07 bits per heavy atom. The molecule has 0 unspecified atom stereocenters. The van der Waals surface area contributed by atoms with E-state index in [0.29, 0.717) is 22.1 Å². The number of sulfonamides is 1. The van der Waals surface area contributed by atoms with E-state index in [2.05, 4.69) is 9.71 Å². The van der Waals surface area contributed by atoms with Gasteiger partial charge >= 0.3 is 0 Å². The predicted octanol–water partition coefficient (Wildman–Crippen LogP) is 4.61. The average molecular weight is 425 g/mol. The first kappa shape index (κ1) is 19.7. The fraction of sp³-hybridized carbons (Fsp3) is 0.278. The van der Waals surface area contributed by atoms with Gasteiger partial charge < -0.3 is 9.47 Å². The minimum atomic E-state index is -3.76. The lowest BCUT2D eigenvalue weighted by atomic mass is 10.3. The number of thiophene rings is 1. The molecule has 144 valence electrons. The molecule has 6 nitrogen and oxygen atoms in total. The first-order chi connectivity index (χ1) is 12.7. The summed E-state index contributed by atoms with van der Waals surface area (Å²) in [6.45, 7) is 5.75. The zero-order valence-electron chi connectivity index (χ0n) is 15.6. The molecule has 0 bridgehead atoms. The first-order valence-electron chi connectivity index (χ1n) is 8.04. The van der Waals surface area contributed by atoms with Crippen molar-refractivity contribution in [3.05, 3.63) is 39.7 Å². The minimum absolute atomic E-state index is 0.245. The molecular weight excluding hydrogens is 404 g/mol. The second-order valence-electron chi connectivity index (χ2n) is 5.90. The largest absolute Gasteiger partial charge is 0.497 e. The Morgan fingerprint density at radius 2 is 1.56 bits per heavy atom. The van der Waals surface area contributed by atoms with E-state index < -0.39 is 10.0 Å². The number of methoxy groups -OCH3 is 2. The van der Waals surface area contributed by atoms with E-state index in [1.54, 1.807) is 42.5 Å². The van der Waals surface area contributed by atoms with Crippen LogP contribution in [-0.4, -0.2) is 27.6 Å². The zero-order chi connectivity index (χ0) is 19.8. The lowest BCUT2D eigenvalue weighted by Gasteiger charge is -2.11. The summed E-state index contributed by atoms with van der Waals surface area (Å²) in [5.41, 5.74) is 1.34. The zero-order valence-corrected chi connectivity index (χ0v) is 18.1. The maximum absolute atomic E-state index is 12.9. The number of hydrogen-bond donors (Lipinski definition) is 1. The highest BCUT2D eigenvalue weighted by Crippen LogP contribution is 2.37. The third kappa shape index (κ3) is 4.10. The van der Waals surface area contributed by atoms with Gasteiger partial charge in [0.25, 0.3) is 10.0 Å². The van der Waals surface area contributed by atoms with Gasteiger partial charge in [-0.2, -0.15) is 0 Å². The summed E-state index contributed by atoms with van der Waals surface area (Å²) in [6.07, 6.45) is 0. The van der Waals surface area contributed by atoms with Crippen LogP contribution in [0.25, 0.3) is 9.88 Å². The van der Waals surface area contributed by atoms with E-state index in [1.807, 2.05) is 13.8 Å². The Hall–Kier alpha value is -2.10. The average Bonchev–Trinajstić information content (AvgIpc) is 3.17. The Morgan fingerprint density at radius 1 is 0.926 bits per heavy atom. The number of benzene rings is 1. The highest BCUT2D eigenvalue weighted by atomic mass is 32.2. The quantitative estimate of drug-likeness (QED) is 0.625. The maximum Gasteiger partial charge on any atom is 0.263 e. The van der Waals surface area contributed by atoms with E-state index in [9.17, 15) is 8.42 Å². The molecule has 3 rings (SSSR count). The number of rotatable bonds is 6. The molecule has 0 saturated carbocycles. The molecule has 3 aromatic rings. The van der Waals surface area contributed by atoms with Crippen LogP contribution in [0.5, 0.6) is 11.5 Å². The summed E-state index contributed by atoms with van der Waals surface area (Å²) in [7, 11) is -0.730. The van der Waals surface area contributed by atoms with Crippen LogP contribution in [0.15, 0.2) is 29.2 Å². The second-order valence-corrected chi connectivity index (χ2v) is 10.0. The number of aryl methyl sites for hydroxylation is 3. The van der Waals surface area contributed by atoms with Gasteiger partial charge in [-0.25, -0.2) is 13.4 Å². The Kier molecular flexibility index (Phi) is 5.45. The fourth-order valence-electron chi connectivity index (χ4n) is 2.49. The molecular formula is C18H20N2O4S3. The van der Waals surface area contributed by atoms with Gasteiger partial charge in [-0.3, -0.25) is 4.72 Å². The van der Waals surface area contributed by atoms with Crippen LogP contribution in [0.2, 0.25) is 0 Å². The van der Waals surface area contributed by atoms with E-state index >= 15 is 0 Å². The lowest BCUT2D eigenvalue weighted by molar-refractivity contribution is 0.395. The predicted molar refractivity (Wildman–Crippen MR) is 110 cm³/mol. The monoisotopic (exact) mass is 424 g/mol. The normalized spacial score (nSPS) is 11.4. The van der Waals surface area contributed by atoms with Crippen molar-refractivity contribution < 1.29 is 17.9 Å². The van der Waals surface area contributed by atoms with Crippen molar-refractivity contribution in [3.63, 3.8) is 0 Å². The molecule has 27 heavy (non-hydrogen) atoms. The Labute approximate surface area is 166 Å². The molecule has 0 spiro atoms. The van der Waals surface area contributed by atoms with E-state index in [4.69, 9.17) is 9.47 Å². The van der Waals surface area contributed by atoms with Crippen LogP contribution >= 0.6 is 22.7 Å². The number of nitrogens with zero attached hydrogens (tertiary/aromatic N) is 1. The first-order valence-corrected chi connectivity index (χ1v) is 11.2. The van der Waals surface area contributed by atoms with Crippen LogP contribution in [0.1, 0.15) is 15.4 Å². The molecule has 0 fully saturated rings. The number of aromatic nitrogens is 1. The summed E-state index contributed by atoms with van der Waals surface area (Å²) < 4.78 is 38.9. The summed E-state index contributed by atoms with van der Waals surface area (Å²) in [4.78, 5) is 7.45. The molecule has 1 N–H and O–H groups in total. The third-order valence-corrected chi connectivity index (χ3v) is 7.93. The van der Waals surface area contributed by atoms with Crippen molar-refractivity contribution in [2.24, 2.45) is 0 Å². The standard InChI is InChI=1S/C18H20N2O4S3/c1-10-11(2)26-18(19-10)16-9-17(12(3)25-16)27(21,22)20-13-6-14(23-4)8-15(7-13)24-5/h6-9,20H,1-5H3. The number of hydrogen-bond acceptors (Lipinski definition) is 7.